The lowest BCUT2D eigenvalue weighted by molar-refractivity contribution is -0.140. The van der Waals surface area contributed by atoms with Crippen LogP contribution in [-0.2, 0) is 14.3 Å². The predicted molar refractivity (Wildman–Crippen MR) is 93.6 cm³/mol. The minimum Gasteiger partial charge on any atom is -0.484 e. The van der Waals surface area contributed by atoms with E-state index in [-0.39, 0.29) is 35.4 Å². The zero-order valence-electron chi connectivity index (χ0n) is 14.6. The highest BCUT2D eigenvalue weighted by atomic mass is 35.5. The van der Waals surface area contributed by atoms with Crippen LogP contribution < -0.4 is 4.74 Å². The quantitative estimate of drug-likeness (QED) is 0.752. The van der Waals surface area contributed by atoms with Gasteiger partial charge in [-0.15, -0.1) is 0 Å². The molecule has 4 rings (SSSR count). The van der Waals surface area contributed by atoms with Crippen molar-refractivity contribution in [2.24, 2.45) is 5.92 Å². The number of fused-ring (bicyclic) bond motifs is 4. The highest BCUT2D eigenvalue weighted by Gasteiger charge is 2.41. The summed E-state index contributed by atoms with van der Waals surface area (Å²) in [4.78, 5) is 28.7. The third-order valence-electron chi connectivity index (χ3n) is 4.94. The summed E-state index contributed by atoms with van der Waals surface area (Å²) < 4.78 is 23.7. The Kier molecular flexibility index (Phi) is 5.98. The van der Waals surface area contributed by atoms with Gasteiger partial charge in [0.05, 0.1) is 17.5 Å². The highest BCUT2D eigenvalue weighted by Crippen LogP contribution is 2.29. The fourth-order valence-corrected chi connectivity index (χ4v) is 3.70. The zero-order chi connectivity index (χ0) is 18.7. The molecular weight excluding hydrogens is 363 g/mol. The molecule has 3 aliphatic heterocycles. The maximum absolute atomic E-state index is 13.2. The number of nitrogens with zero attached hydrogens (tertiary/aromatic N) is 2. The lowest BCUT2D eigenvalue weighted by atomic mass is 9.94. The van der Waals surface area contributed by atoms with Crippen molar-refractivity contribution in [3.8, 4) is 5.75 Å². The summed E-state index contributed by atoms with van der Waals surface area (Å²) in [5.74, 6) is -0.470. The van der Waals surface area contributed by atoms with Crippen LogP contribution in [0.25, 0.3) is 0 Å². The van der Waals surface area contributed by atoms with Gasteiger partial charge in [0.25, 0.3) is 5.91 Å². The first-order chi connectivity index (χ1) is 12.5. The van der Waals surface area contributed by atoms with E-state index in [4.69, 9.17) is 21.1 Å². The summed E-state index contributed by atoms with van der Waals surface area (Å²) in [7, 11) is 1.61. The Morgan fingerprint density at radius 2 is 2.15 bits per heavy atom. The fraction of sp³-hybridized carbons (Fsp3) is 0.556. The molecule has 0 N–H and O–H groups in total. The largest absolute Gasteiger partial charge is 0.484 e. The van der Waals surface area contributed by atoms with Gasteiger partial charge in [-0.2, -0.15) is 0 Å². The van der Waals surface area contributed by atoms with Gasteiger partial charge in [-0.3, -0.25) is 9.59 Å². The van der Waals surface area contributed by atoms with E-state index >= 15 is 0 Å². The number of ether oxygens (including phenoxy) is 2. The molecule has 3 aliphatic rings. The van der Waals surface area contributed by atoms with Crippen molar-refractivity contribution >= 4 is 23.4 Å². The zero-order valence-corrected chi connectivity index (χ0v) is 15.4. The van der Waals surface area contributed by atoms with Crippen molar-refractivity contribution in [3.05, 3.63) is 29.0 Å². The van der Waals surface area contributed by atoms with Crippen LogP contribution in [-0.4, -0.2) is 67.6 Å². The van der Waals surface area contributed by atoms with Crippen LogP contribution in [0, 0.1) is 11.7 Å². The summed E-state index contributed by atoms with van der Waals surface area (Å²) in [6.07, 6.45) is 1.68. The second-order valence-electron chi connectivity index (χ2n) is 6.62. The van der Waals surface area contributed by atoms with E-state index in [0.717, 1.165) is 12.8 Å². The number of hydrogen-bond donors (Lipinski definition) is 0. The van der Waals surface area contributed by atoms with Gasteiger partial charge in [-0.05, 0) is 25.0 Å². The molecule has 26 heavy (non-hydrogen) atoms. The first-order valence-corrected chi connectivity index (χ1v) is 9.02. The monoisotopic (exact) mass is 384 g/mol. The number of carbonyl (C=O) groups is 2. The molecule has 3 fully saturated rings. The lowest BCUT2D eigenvalue weighted by Crippen LogP contribution is -2.49. The second kappa shape index (κ2) is 8.22. The average molecular weight is 385 g/mol. The van der Waals surface area contributed by atoms with E-state index in [1.54, 1.807) is 12.0 Å². The summed E-state index contributed by atoms with van der Waals surface area (Å²) in [6, 6.07) is 3.98. The fourth-order valence-electron chi connectivity index (χ4n) is 3.53. The molecule has 0 saturated carbocycles. The van der Waals surface area contributed by atoms with Gasteiger partial charge in [0.2, 0.25) is 5.91 Å². The molecule has 6 nitrogen and oxygen atoms in total. The standard InChI is InChI=1S/C18H22ClFN2O4/c1-25-7-6-22-13-3-2-12(18(22)24)9-21(10-13)17(23)11-26-14-4-5-16(20)15(19)8-14/h4-5,8,12-13H,2-3,6-7,9-11H2,1H3/t12-,13+/m1/s1. The van der Waals surface area contributed by atoms with E-state index < -0.39 is 5.82 Å². The number of piperidine rings is 1. The van der Waals surface area contributed by atoms with Crippen molar-refractivity contribution in [1.29, 1.82) is 0 Å². The number of carbonyl (C=O) groups excluding carboxylic acids is 2. The molecule has 1 aromatic rings. The topological polar surface area (TPSA) is 59.1 Å². The van der Waals surface area contributed by atoms with Crippen LogP contribution >= 0.6 is 11.6 Å². The Labute approximate surface area is 156 Å². The average Bonchev–Trinajstić information content (AvgIpc) is 2.92. The summed E-state index contributed by atoms with van der Waals surface area (Å²) >= 11 is 5.72. The third kappa shape index (κ3) is 4.10. The first kappa shape index (κ1) is 18.9. The van der Waals surface area contributed by atoms with E-state index in [0.29, 0.717) is 32.0 Å². The van der Waals surface area contributed by atoms with Crippen molar-refractivity contribution in [2.45, 2.75) is 18.9 Å². The van der Waals surface area contributed by atoms with Gasteiger partial charge in [0.1, 0.15) is 11.6 Å². The Hall–Kier alpha value is -1.86. The second-order valence-corrected chi connectivity index (χ2v) is 7.02. The van der Waals surface area contributed by atoms with Crippen LogP contribution in [0.1, 0.15) is 12.8 Å². The van der Waals surface area contributed by atoms with Gasteiger partial charge in [0.15, 0.2) is 6.61 Å². The third-order valence-corrected chi connectivity index (χ3v) is 5.23. The van der Waals surface area contributed by atoms with Crippen LogP contribution in [0.15, 0.2) is 18.2 Å². The normalized spacial score (nSPS) is 22.5. The SMILES string of the molecule is COCCN1C(=O)[C@@H]2CC[C@H]1CN(C(=O)COc1ccc(F)c(Cl)c1)C2. The highest BCUT2D eigenvalue weighted by molar-refractivity contribution is 6.30. The maximum atomic E-state index is 13.2. The van der Waals surface area contributed by atoms with Gasteiger partial charge >= 0.3 is 0 Å². The number of benzene rings is 1. The summed E-state index contributed by atoms with van der Waals surface area (Å²) in [5, 5.41) is -0.0536. The van der Waals surface area contributed by atoms with Gasteiger partial charge in [-0.1, -0.05) is 11.6 Å². The molecule has 3 heterocycles. The van der Waals surface area contributed by atoms with Crippen LogP contribution in [0.4, 0.5) is 4.39 Å². The van der Waals surface area contributed by atoms with Crippen molar-refractivity contribution < 1.29 is 23.5 Å². The number of methoxy groups -OCH3 is 1. The molecule has 2 atom stereocenters. The minimum absolute atomic E-state index is 0.0145. The first-order valence-electron chi connectivity index (χ1n) is 8.64. The van der Waals surface area contributed by atoms with Crippen LogP contribution in [0.3, 0.4) is 0 Å². The Balaban J connectivity index is 1.61. The Bertz CT molecular complexity index is 687. The van der Waals surface area contributed by atoms with E-state index in [1.165, 1.54) is 18.2 Å². The number of amides is 2. The van der Waals surface area contributed by atoms with Gasteiger partial charge < -0.3 is 19.3 Å². The lowest BCUT2D eigenvalue weighted by Gasteiger charge is -2.35. The van der Waals surface area contributed by atoms with Crippen LogP contribution in [0.2, 0.25) is 5.02 Å². The summed E-state index contributed by atoms with van der Waals surface area (Å²) in [5.41, 5.74) is 0. The number of hydrogen-bond acceptors (Lipinski definition) is 4. The predicted octanol–water partition coefficient (Wildman–Crippen LogP) is 1.95. The van der Waals surface area contributed by atoms with Crippen molar-refractivity contribution in [2.75, 3.05) is 40.0 Å². The van der Waals surface area contributed by atoms with Crippen LogP contribution in [0.5, 0.6) is 5.75 Å². The molecule has 1 aromatic carbocycles. The van der Waals surface area contributed by atoms with Crippen molar-refractivity contribution in [1.82, 2.24) is 9.80 Å². The number of rotatable bonds is 6. The Morgan fingerprint density at radius 3 is 2.88 bits per heavy atom. The molecule has 2 amide bonds. The molecule has 0 radical (unpaired) electrons. The van der Waals surface area contributed by atoms with E-state index in [9.17, 15) is 14.0 Å². The molecule has 3 saturated heterocycles. The summed E-state index contributed by atoms with van der Waals surface area (Å²) in [6.45, 7) is 1.76. The maximum Gasteiger partial charge on any atom is 0.260 e. The van der Waals surface area contributed by atoms with E-state index in [1.807, 2.05) is 4.90 Å². The molecule has 0 unspecified atom stereocenters. The van der Waals surface area contributed by atoms with Crippen molar-refractivity contribution in [3.63, 3.8) is 0 Å². The van der Waals surface area contributed by atoms with Gasteiger partial charge in [-0.25, -0.2) is 4.39 Å². The molecule has 0 aliphatic carbocycles. The molecule has 8 heteroatoms. The number of halogens is 2. The Morgan fingerprint density at radius 1 is 1.35 bits per heavy atom. The smallest absolute Gasteiger partial charge is 0.260 e. The van der Waals surface area contributed by atoms with E-state index in [2.05, 4.69) is 0 Å². The minimum atomic E-state index is -0.538. The molecule has 142 valence electrons. The molecule has 0 aromatic heterocycles. The molecule has 0 spiro atoms. The molecule has 2 bridgehead atoms. The molecular formula is C18H22ClFN2O4. The van der Waals surface area contributed by atoms with Gasteiger partial charge in [0, 0.05) is 38.9 Å².